The van der Waals surface area contributed by atoms with Gasteiger partial charge in [0.2, 0.25) is 0 Å². The number of aliphatic carboxylic acids is 1. The molecular weight excluding hydrogens is 235 g/mol. The van der Waals surface area contributed by atoms with Crippen LogP contribution in [0.2, 0.25) is 0 Å². The standard InChI is InChI=1S/C10H11FO4S/c1-15-8-4-2-3-7(10(8)11)5-16(14)6-9(12)13/h2-4H,5-6H2,1H3,(H,12,13). The van der Waals surface area contributed by atoms with Gasteiger partial charge < -0.3 is 9.84 Å². The van der Waals surface area contributed by atoms with E-state index in [4.69, 9.17) is 9.84 Å². The minimum Gasteiger partial charge on any atom is -0.494 e. The normalized spacial score (nSPS) is 12.1. The van der Waals surface area contributed by atoms with Crippen LogP contribution in [0.15, 0.2) is 18.2 Å². The Balaban J connectivity index is 2.81. The lowest BCUT2D eigenvalue weighted by atomic mass is 10.2. The molecule has 0 aliphatic carbocycles. The van der Waals surface area contributed by atoms with Crippen LogP contribution in [0.4, 0.5) is 4.39 Å². The molecule has 0 aromatic heterocycles. The Hall–Kier alpha value is -1.43. The molecule has 0 radical (unpaired) electrons. The number of carbonyl (C=O) groups is 1. The van der Waals surface area contributed by atoms with E-state index in [9.17, 15) is 13.4 Å². The van der Waals surface area contributed by atoms with Crippen LogP contribution in [-0.4, -0.2) is 28.1 Å². The second-order valence-corrected chi connectivity index (χ2v) is 4.51. The maximum Gasteiger partial charge on any atom is 0.316 e. The van der Waals surface area contributed by atoms with Crippen LogP contribution in [-0.2, 0) is 21.3 Å². The second kappa shape index (κ2) is 5.60. The van der Waals surface area contributed by atoms with Crippen molar-refractivity contribution in [2.24, 2.45) is 0 Å². The second-order valence-electron chi connectivity index (χ2n) is 3.06. The summed E-state index contributed by atoms with van der Waals surface area (Å²) in [4.78, 5) is 10.3. The first-order chi connectivity index (χ1) is 7.54. The molecule has 0 aliphatic rings. The molecule has 0 saturated heterocycles. The topological polar surface area (TPSA) is 63.6 Å². The third-order valence-electron chi connectivity index (χ3n) is 1.86. The van der Waals surface area contributed by atoms with E-state index in [2.05, 4.69) is 0 Å². The van der Waals surface area contributed by atoms with E-state index in [0.717, 1.165) is 0 Å². The minimum atomic E-state index is -1.62. The van der Waals surface area contributed by atoms with Gasteiger partial charge in [0.25, 0.3) is 0 Å². The fourth-order valence-electron chi connectivity index (χ4n) is 1.19. The van der Waals surface area contributed by atoms with Crippen LogP contribution in [0.1, 0.15) is 5.56 Å². The van der Waals surface area contributed by atoms with Gasteiger partial charge in [0, 0.05) is 16.4 Å². The van der Waals surface area contributed by atoms with E-state index < -0.39 is 28.3 Å². The number of hydrogen-bond donors (Lipinski definition) is 1. The fourth-order valence-corrected chi connectivity index (χ4v) is 2.13. The van der Waals surface area contributed by atoms with Crippen molar-refractivity contribution in [1.29, 1.82) is 0 Å². The van der Waals surface area contributed by atoms with Crippen molar-refractivity contribution in [3.05, 3.63) is 29.6 Å². The molecule has 4 nitrogen and oxygen atoms in total. The summed E-state index contributed by atoms with van der Waals surface area (Å²) >= 11 is 0. The summed E-state index contributed by atoms with van der Waals surface area (Å²) in [5.74, 6) is -2.32. The molecule has 0 heterocycles. The van der Waals surface area contributed by atoms with Crippen LogP contribution in [0.25, 0.3) is 0 Å². The zero-order valence-corrected chi connectivity index (χ0v) is 9.42. The highest BCUT2D eigenvalue weighted by Crippen LogP contribution is 2.20. The largest absolute Gasteiger partial charge is 0.494 e. The first-order valence-electron chi connectivity index (χ1n) is 4.42. The summed E-state index contributed by atoms with van der Waals surface area (Å²) in [6.07, 6.45) is 0. The SMILES string of the molecule is COc1cccc(CS(=O)CC(=O)O)c1F. The summed E-state index contributed by atoms with van der Waals surface area (Å²) in [6.45, 7) is 0. The minimum absolute atomic E-state index is 0.0600. The molecule has 0 aliphatic heterocycles. The summed E-state index contributed by atoms with van der Waals surface area (Å²) in [6, 6.07) is 4.46. The molecule has 1 N–H and O–H groups in total. The predicted molar refractivity (Wildman–Crippen MR) is 57.3 cm³/mol. The molecule has 0 bridgehead atoms. The quantitative estimate of drug-likeness (QED) is 0.847. The van der Waals surface area contributed by atoms with Gasteiger partial charge in [0.05, 0.1) is 12.9 Å². The van der Waals surface area contributed by atoms with E-state index in [1.165, 1.54) is 19.2 Å². The van der Waals surface area contributed by atoms with Crippen LogP contribution >= 0.6 is 0 Å². The molecule has 88 valence electrons. The molecule has 0 fully saturated rings. The van der Waals surface area contributed by atoms with Crippen LogP contribution in [0, 0.1) is 5.82 Å². The molecule has 16 heavy (non-hydrogen) atoms. The number of methoxy groups -OCH3 is 1. The van der Waals surface area contributed by atoms with Crippen molar-refractivity contribution in [3.8, 4) is 5.75 Å². The number of hydrogen-bond acceptors (Lipinski definition) is 3. The number of rotatable bonds is 5. The summed E-state index contributed by atoms with van der Waals surface area (Å²) in [5.41, 5.74) is 0.193. The first kappa shape index (κ1) is 12.6. The van der Waals surface area contributed by atoms with Crippen LogP contribution in [0.3, 0.4) is 0 Å². The molecule has 1 unspecified atom stereocenters. The summed E-state index contributed by atoms with van der Waals surface area (Å²) in [5, 5.41) is 8.42. The number of benzene rings is 1. The van der Waals surface area contributed by atoms with E-state index in [0.29, 0.717) is 0 Å². The van der Waals surface area contributed by atoms with Gasteiger partial charge in [-0.3, -0.25) is 9.00 Å². The Labute approximate surface area is 94.5 Å². The molecule has 1 aromatic carbocycles. The lowest BCUT2D eigenvalue weighted by Gasteiger charge is -2.06. The fraction of sp³-hybridized carbons (Fsp3) is 0.300. The highest BCUT2D eigenvalue weighted by Gasteiger charge is 2.13. The number of halogens is 1. The lowest BCUT2D eigenvalue weighted by molar-refractivity contribution is -0.133. The average Bonchev–Trinajstić information content (AvgIpc) is 2.20. The van der Waals surface area contributed by atoms with Crippen molar-refractivity contribution < 1.29 is 23.2 Å². The zero-order chi connectivity index (χ0) is 12.1. The molecule has 6 heteroatoms. The number of carboxylic acids is 1. The third kappa shape index (κ3) is 3.30. The maximum absolute atomic E-state index is 13.6. The van der Waals surface area contributed by atoms with Gasteiger partial charge in [-0.05, 0) is 6.07 Å². The van der Waals surface area contributed by atoms with Gasteiger partial charge in [-0.1, -0.05) is 12.1 Å². The Bertz CT molecular complexity index is 419. The third-order valence-corrected chi connectivity index (χ3v) is 3.07. The highest BCUT2D eigenvalue weighted by atomic mass is 32.2. The Kier molecular flexibility index (Phi) is 4.42. The first-order valence-corrected chi connectivity index (χ1v) is 5.91. The average molecular weight is 246 g/mol. The van der Waals surface area contributed by atoms with Gasteiger partial charge in [0.15, 0.2) is 11.6 Å². The Morgan fingerprint density at radius 2 is 2.25 bits per heavy atom. The van der Waals surface area contributed by atoms with Crippen molar-refractivity contribution >= 4 is 16.8 Å². The molecule has 1 atom stereocenters. The van der Waals surface area contributed by atoms with Gasteiger partial charge in [-0.25, -0.2) is 4.39 Å². The van der Waals surface area contributed by atoms with Gasteiger partial charge in [-0.15, -0.1) is 0 Å². The van der Waals surface area contributed by atoms with Gasteiger partial charge in [0.1, 0.15) is 5.75 Å². The molecule has 0 spiro atoms. The Morgan fingerprint density at radius 3 is 2.81 bits per heavy atom. The van der Waals surface area contributed by atoms with E-state index >= 15 is 0 Å². The van der Waals surface area contributed by atoms with Crippen LogP contribution < -0.4 is 4.74 Å². The monoisotopic (exact) mass is 246 g/mol. The van der Waals surface area contributed by atoms with Crippen molar-refractivity contribution in [3.63, 3.8) is 0 Å². The molecule has 0 saturated carbocycles. The van der Waals surface area contributed by atoms with Gasteiger partial charge >= 0.3 is 5.97 Å². The number of carboxylic acid groups (broad SMARTS) is 1. The molecule has 0 amide bonds. The zero-order valence-electron chi connectivity index (χ0n) is 8.60. The van der Waals surface area contributed by atoms with E-state index in [1.807, 2.05) is 0 Å². The summed E-state index contributed by atoms with van der Waals surface area (Å²) < 4.78 is 29.6. The van der Waals surface area contributed by atoms with Crippen LogP contribution in [0.5, 0.6) is 5.75 Å². The predicted octanol–water partition coefficient (Wildman–Crippen LogP) is 1.17. The molecular formula is C10H11FO4S. The van der Waals surface area contributed by atoms with Crippen molar-refractivity contribution in [2.75, 3.05) is 12.9 Å². The van der Waals surface area contributed by atoms with Gasteiger partial charge in [-0.2, -0.15) is 0 Å². The molecule has 1 aromatic rings. The summed E-state index contributed by atoms with van der Waals surface area (Å²) in [7, 11) is -0.287. The maximum atomic E-state index is 13.6. The lowest BCUT2D eigenvalue weighted by Crippen LogP contribution is -2.11. The number of ether oxygens (including phenoxy) is 1. The smallest absolute Gasteiger partial charge is 0.316 e. The van der Waals surface area contributed by atoms with E-state index in [-0.39, 0.29) is 17.1 Å². The Morgan fingerprint density at radius 1 is 1.56 bits per heavy atom. The van der Waals surface area contributed by atoms with E-state index in [1.54, 1.807) is 6.07 Å². The van der Waals surface area contributed by atoms with Crippen molar-refractivity contribution in [2.45, 2.75) is 5.75 Å². The van der Waals surface area contributed by atoms with Crippen molar-refractivity contribution in [1.82, 2.24) is 0 Å². The molecule has 1 rings (SSSR count). The highest BCUT2D eigenvalue weighted by molar-refractivity contribution is 7.84.